The smallest absolute Gasteiger partial charge is 0.324 e. The summed E-state index contributed by atoms with van der Waals surface area (Å²) in [5.74, 6) is -1.98. The van der Waals surface area contributed by atoms with Gasteiger partial charge in [0.25, 0.3) is 10.0 Å². The van der Waals surface area contributed by atoms with Gasteiger partial charge in [0.1, 0.15) is 12.4 Å². The molecule has 0 aliphatic carbocycles. The van der Waals surface area contributed by atoms with Gasteiger partial charge in [-0.25, -0.2) is 12.8 Å². The lowest BCUT2D eigenvalue weighted by atomic mass is 10.2. The molecule has 0 unspecified atom stereocenters. The molecule has 2 aromatic rings. The van der Waals surface area contributed by atoms with Crippen LogP contribution in [0.1, 0.15) is 5.56 Å². The molecule has 7 heteroatoms. The molecule has 2 aromatic carbocycles. The van der Waals surface area contributed by atoms with Crippen molar-refractivity contribution in [3.8, 4) is 0 Å². The van der Waals surface area contributed by atoms with Crippen molar-refractivity contribution in [2.75, 3.05) is 10.8 Å². The first kappa shape index (κ1) is 16.0. The number of carboxylic acid groups (broad SMARTS) is 1. The largest absolute Gasteiger partial charge is 0.480 e. The second-order valence-electron chi connectivity index (χ2n) is 4.70. The SMILES string of the molecule is Cc1ccc(S(=O)(=O)N(CC(=O)O)c2cccc(F)c2)cc1. The first-order valence-electron chi connectivity index (χ1n) is 6.37. The van der Waals surface area contributed by atoms with Crippen LogP contribution in [0.5, 0.6) is 0 Å². The van der Waals surface area contributed by atoms with Gasteiger partial charge in [0.15, 0.2) is 0 Å². The van der Waals surface area contributed by atoms with Crippen LogP contribution in [0.4, 0.5) is 10.1 Å². The van der Waals surface area contributed by atoms with Crippen LogP contribution in [0.2, 0.25) is 0 Å². The number of anilines is 1. The van der Waals surface area contributed by atoms with E-state index in [2.05, 4.69) is 0 Å². The number of aryl methyl sites for hydroxylation is 1. The van der Waals surface area contributed by atoms with Crippen LogP contribution in [0, 0.1) is 12.7 Å². The number of hydrogen-bond acceptors (Lipinski definition) is 3. The topological polar surface area (TPSA) is 74.7 Å². The number of aliphatic carboxylic acids is 1. The molecular weight excluding hydrogens is 309 g/mol. The Hall–Kier alpha value is -2.41. The minimum atomic E-state index is -4.10. The van der Waals surface area contributed by atoms with Crippen molar-refractivity contribution in [3.63, 3.8) is 0 Å². The van der Waals surface area contributed by atoms with Crippen molar-refractivity contribution in [1.29, 1.82) is 0 Å². The molecule has 0 saturated heterocycles. The molecule has 0 amide bonds. The van der Waals surface area contributed by atoms with Gasteiger partial charge in [0, 0.05) is 0 Å². The summed E-state index contributed by atoms with van der Waals surface area (Å²) in [6.45, 7) is 1.01. The lowest BCUT2D eigenvalue weighted by Crippen LogP contribution is -2.35. The zero-order chi connectivity index (χ0) is 16.3. The van der Waals surface area contributed by atoms with Crippen molar-refractivity contribution < 1.29 is 22.7 Å². The molecule has 1 N–H and O–H groups in total. The normalized spacial score (nSPS) is 11.2. The van der Waals surface area contributed by atoms with E-state index in [1.807, 2.05) is 0 Å². The van der Waals surface area contributed by atoms with Crippen molar-refractivity contribution in [1.82, 2.24) is 0 Å². The fourth-order valence-electron chi connectivity index (χ4n) is 1.91. The van der Waals surface area contributed by atoms with E-state index < -0.39 is 28.4 Å². The molecule has 0 spiro atoms. The number of nitrogens with zero attached hydrogens (tertiary/aromatic N) is 1. The third-order valence-electron chi connectivity index (χ3n) is 2.98. The number of hydrogen-bond donors (Lipinski definition) is 1. The predicted octanol–water partition coefficient (Wildman–Crippen LogP) is 2.41. The highest BCUT2D eigenvalue weighted by Gasteiger charge is 2.27. The molecule has 0 saturated carbocycles. The van der Waals surface area contributed by atoms with E-state index in [4.69, 9.17) is 5.11 Å². The molecule has 0 radical (unpaired) electrons. The van der Waals surface area contributed by atoms with Gasteiger partial charge in [-0.2, -0.15) is 0 Å². The first-order valence-corrected chi connectivity index (χ1v) is 7.81. The van der Waals surface area contributed by atoms with Gasteiger partial charge in [-0.3, -0.25) is 9.10 Å². The van der Waals surface area contributed by atoms with Crippen LogP contribution in [0.15, 0.2) is 53.4 Å². The standard InChI is InChI=1S/C15H14FNO4S/c1-11-5-7-14(8-6-11)22(20,21)17(10-15(18)19)13-4-2-3-12(16)9-13/h2-9H,10H2,1H3,(H,18,19). The van der Waals surface area contributed by atoms with Crippen molar-refractivity contribution in [3.05, 3.63) is 59.9 Å². The molecule has 0 aromatic heterocycles. The third-order valence-corrected chi connectivity index (χ3v) is 4.77. The van der Waals surface area contributed by atoms with Crippen molar-refractivity contribution >= 4 is 21.7 Å². The van der Waals surface area contributed by atoms with E-state index in [-0.39, 0.29) is 10.6 Å². The van der Waals surface area contributed by atoms with Crippen LogP contribution in [0.3, 0.4) is 0 Å². The first-order chi connectivity index (χ1) is 10.3. The van der Waals surface area contributed by atoms with Crippen LogP contribution < -0.4 is 4.31 Å². The predicted molar refractivity (Wildman–Crippen MR) is 79.7 cm³/mol. The summed E-state index contributed by atoms with van der Waals surface area (Å²) in [6.07, 6.45) is 0. The van der Waals surface area contributed by atoms with E-state index >= 15 is 0 Å². The van der Waals surface area contributed by atoms with Crippen LogP contribution in [0.25, 0.3) is 0 Å². The molecule has 5 nitrogen and oxygen atoms in total. The highest BCUT2D eigenvalue weighted by Crippen LogP contribution is 2.24. The molecule has 116 valence electrons. The third kappa shape index (κ3) is 3.43. The Labute approximate surface area is 127 Å². The maximum Gasteiger partial charge on any atom is 0.324 e. The zero-order valence-electron chi connectivity index (χ0n) is 11.7. The molecule has 2 rings (SSSR count). The molecule has 0 fully saturated rings. The Morgan fingerprint density at radius 1 is 1.18 bits per heavy atom. The number of carbonyl (C=O) groups is 1. The minimum absolute atomic E-state index is 0.0389. The minimum Gasteiger partial charge on any atom is -0.480 e. The van der Waals surface area contributed by atoms with Crippen molar-refractivity contribution in [2.24, 2.45) is 0 Å². The van der Waals surface area contributed by atoms with Crippen molar-refractivity contribution in [2.45, 2.75) is 11.8 Å². The second kappa shape index (κ2) is 6.15. The number of rotatable bonds is 5. The van der Waals surface area contributed by atoms with Gasteiger partial charge in [0.05, 0.1) is 10.6 Å². The Balaban J connectivity index is 2.53. The number of halogens is 1. The lowest BCUT2D eigenvalue weighted by molar-refractivity contribution is -0.135. The van der Waals surface area contributed by atoms with Crippen LogP contribution in [-0.2, 0) is 14.8 Å². The van der Waals surface area contributed by atoms with Gasteiger partial charge in [-0.1, -0.05) is 23.8 Å². The Morgan fingerprint density at radius 3 is 2.36 bits per heavy atom. The zero-order valence-corrected chi connectivity index (χ0v) is 12.5. The van der Waals surface area contributed by atoms with E-state index in [9.17, 15) is 17.6 Å². The van der Waals surface area contributed by atoms with Crippen LogP contribution in [-0.4, -0.2) is 26.0 Å². The fourth-order valence-corrected chi connectivity index (χ4v) is 3.31. The van der Waals surface area contributed by atoms with Gasteiger partial charge >= 0.3 is 5.97 Å². The molecule has 22 heavy (non-hydrogen) atoms. The maximum absolute atomic E-state index is 13.3. The average molecular weight is 323 g/mol. The molecular formula is C15H14FNO4S. The summed E-state index contributed by atoms with van der Waals surface area (Å²) in [6, 6.07) is 10.8. The Kier molecular flexibility index (Phi) is 4.46. The van der Waals surface area contributed by atoms with E-state index in [0.29, 0.717) is 4.31 Å². The van der Waals surface area contributed by atoms with Crippen LogP contribution >= 0.6 is 0 Å². The maximum atomic E-state index is 13.3. The Morgan fingerprint density at radius 2 is 1.82 bits per heavy atom. The van der Waals surface area contributed by atoms with E-state index in [1.54, 1.807) is 19.1 Å². The van der Waals surface area contributed by atoms with Gasteiger partial charge in [-0.15, -0.1) is 0 Å². The Bertz CT molecular complexity index is 787. The summed E-state index contributed by atoms with van der Waals surface area (Å²) < 4.78 is 39.3. The summed E-state index contributed by atoms with van der Waals surface area (Å²) in [4.78, 5) is 10.9. The molecule has 0 heterocycles. The van der Waals surface area contributed by atoms with E-state index in [1.165, 1.54) is 24.3 Å². The molecule has 0 aliphatic heterocycles. The average Bonchev–Trinajstić information content (AvgIpc) is 2.45. The van der Waals surface area contributed by atoms with Gasteiger partial charge < -0.3 is 5.11 Å². The highest BCUT2D eigenvalue weighted by molar-refractivity contribution is 7.92. The summed E-state index contributed by atoms with van der Waals surface area (Å²) >= 11 is 0. The summed E-state index contributed by atoms with van der Waals surface area (Å²) in [7, 11) is -4.10. The van der Waals surface area contributed by atoms with Gasteiger partial charge in [-0.05, 0) is 37.3 Å². The number of sulfonamides is 1. The monoisotopic (exact) mass is 323 g/mol. The number of carboxylic acids is 1. The lowest BCUT2D eigenvalue weighted by Gasteiger charge is -2.22. The fraction of sp³-hybridized carbons (Fsp3) is 0.133. The van der Waals surface area contributed by atoms with E-state index in [0.717, 1.165) is 17.7 Å². The number of benzene rings is 2. The second-order valence-corrected chi connectivity index (χ2v) is 6.56. The molecule has 0 aliphatic rings. The summed E-state index contributed by atoms with van der Waals surface area (Å²) in [5, 5.41) is 8.97. The molecule has 0 bridgehead atoms. The van der Waals surface area contributed by atoms with Gasteiger partial charge in [0.2, 0.25) is 0 Å². The highest BCUT2D eigenvalue weighted by atomic mass is 32.2. The molecule has 0 atom stereocenters. The quantitative estimate of drug-likeness (QED) is 0.917. The summed E-state index contributed by atoms with van der Waals surface area (Å²) in [5.41, 5.74) is 0.831.